The molecule has 0 saturated carbocycles. The van der Waals surface area contributed by atoms with E-state index in [0.717, 1.165) is 37.4 Å². The number of piperazine rings is 1. The molecule has 1 aliphatic heterocycles. The number of nitrogens with one attached hydrogen (secondary N) is 2. The van der Waals surface area contributed by atoms with Crippen LogP contribution in [0.3, 0.4) is 0 Å². The molecular formula is C24H26FN3O2. The number of hydrogen-bond donors (Lipinski definition) is 4. The second kappa shape index (κ2) is 8.73. The Morgan fingerprint density at radius 3 is 2.30 bits per heavy atom. The number of hydrogen-bond acceptors (Lipinski definition) is 5. The van der Waals surface area contributed by atoms with E-state index in [1.54, 1.807) is 18.2 Å². The lowest BCUT2D eigenvalue weighted by Crippen LogP contribution is -2.43. The van der Waals surface area contributed by atoms with Gasteiger partial charge in [-0.05, 0) is 42.3 Å². The SMILES string of the molecule is CC(O)Nc1ccc(-c2cccc(-c3cccc(N4CCNCC4)c3)c2O)cc1F. The molecule has 156 valence electrons. The monoisotopic (exact) mass is 407 g/mol. The van der Waals surface area contributed by atoms with Gasteiger partial charge in [0.05, 0.1) is 5.69 Å². The first-order valence-corrected chi connectivity index (χ1v) is 10.2. The molecule has 6 heteroatoms. The minimum Gasteiger partial charge on any atom is -0.507 e. The highest BCUT2D eigenvalue weighted by Crippen LogP contribution is 2.39. The summed E-state index contributed by atoms with van der Waals surface area (Å²) in [6, 6.07) is 18.3. The number of benzene rings is 3. The summed E-state index contributed by atoms with van der Waals surface area (Å²) in [5.74, 6) is -0.371. The number of aromatic hydroxyl groups is 1. The average molecular weight is 407 g/mol. The number of nitrogens with zero attached hydrogens (tertiary/aromatic N) is 1. The highest BCUT2D eigenvalue weighted by Gasteiger charge is 2.15. The fraction of sp³-hybridized carbons (Fsp3) is 0.250. The molecular weight excluding hydrogens is 381 g/mol. The van der Waals surface area contributed by atoms with E-state index < -0.39 is 12.0 Å². The molecule has 0 aliphatic carbocycles. The summed E-state index contributed by atoms with van der Waals surface area (Å²) in [5.41, 5.74) is 4.09. The Morgan fingerprint density at radius 1 is 0.967 bits per heavy atom. The maximum Gasteiger partial charge on any atom is 0.146 e. The first-order chi connectivity index (χ1) is 14.5. The van der Waals surface area contributed by atoms with E-state index in [1.165, 1.54) is 13.0 Å². The lowest BCUT2D eigenvalue weighted by Gasteiger charge is -2.29. The van der Waals surface area contributed by atoms with Crippen LogP contribution in [-0.2, 0) is 0 Å². The zero-order valence-corrected chi connectivity index (χ0v) is 16.9. The van der Waals surface area contributed by atoms with E-state index >= 15 is 0 Å². The molecule has 0 bridgehead atoms. The number of para-hydroxylation sites is 1. The largest absolute Gasteiger partial charge is 0.507 e. The van der Waals surface area contributed by atoms with Crippen LogP contribution in [0.15, 0.2) is 60.7 Å². The second-order valence-electron chi connectivity index (χ2n) is 7.50. The highest BCUT2D eigenvalue weighted by atomic mass is 19.1. The van der Waals surface area contributed by atoms with E-state index in [2.05, 4.69) is 27.7 Å². The quantitative estimate of drug-likeness (QED) is 0.481. The number of aliphatic hydroxyl groups excluding tert-OH is 1. The smallest absolute Gasteiger partial charge is 0.146 e. The molecule has 4 N–H and O–H groups in total. The van der Waals surface area contributed by atoms with Crippen molar-refractivity contribution in [1.82, 2.24) is 5.32 Å². The van der Waals surface area contributed by atoms with Crippen LogP contribution in [0.1, 0.15) is 6.92 Å². The van der Waals surface area contributed by atoms with Gasteiger partial charge in [0.2, 0.25) is 0 Å². The van der Waals surface area contributed by atoms with Crippen LogP contribution in [0, 0.1) is 5.82 Å². The molecule has 30 heavy (non-hydrogen) atoms. The van der Waals surface area contributed by atoms with Gasteiger partial charge in [-0.15, -0.1) is 0 Å². The van der Waals surface area contributed by atoms with E-state index in [-0.39, 0.29) is 11.4 Å². The van der Waals surface area contributed by atoms with Crippen molar-refractivity contribution in [3.05, 3.63) is 66.5 Å². The summed E-state index contributed by atoms with van der Waals surface area (Å²) in [5, 5.41) is 26.4. The van der Waals surface area contributed by atoms with Crippen molar-refractivity contribution in [3.8, 4) is 28.0 Å². The first kappa shape index (κ1) is 20.2. The van der Waals surface area contributed by atoms with Crippen molar-refractivity contribution in [3.63, 3.8) is 0 Å². The van der Waals surface area contributed by atoms with E-state index in [4.69, 9.17) is 0 Å². The summed E-state index contributed by atoms with van der Waals surface area (Å²) >= 11 is 0. The van der Waals surface area contributed by atoms with Gasteiger partial charge >= 0.3 is 0 Å². The van der Waals surface area contributed by atoms with Crippen LogP contribution in [0.25, 0.3) is 22.3 Å². The summed E-state index contributed by atoms with van der Waals surface area (Å²) < 4.78 is 14.4. The van der Waals surface area contributed by atoms with Crippen LogP contribution in [-0.4, -0.2) is 42.6 Å². The molecule has 3 aromatic rings. The molecule has 1 aliphatic rings. The molecule has 0 spiro atoms. The summed E-state index contributed by atoms with van der Waals surface area (Å²) in [6.07, 6.45) is -0.856. The number of halogens is 1. The topological polar surface area (TPSA) is 67.8 Å². The minimum absolute atomic E-state index is 0.116. The minimum atomic E-state index is -0.856. The van der Waals surface area contributed by atoms with Crippen molar-refractivity contribution in [2.24, 2.45) is 0 Å². The average Bonchev–Trinajstić information content (AvgIpc) is 2.76. The molecule has 3 aromatic carbocycles. The van der Waals surface area contributed by atoms with Crippen molar-refractivity contribution in [1.29, 1.82) is 0 Å². The molecule has 5 nitrogen and oxygen atoms in total. The van der Waals surface area contributed by atoms with Crippen LogP contribution < -0.4 is 15.5 Å². The zero-order chi connectivity index (χ0) is 21.1. The summed E-state index contributed by atoms with van der Waals surface area (Å²) in [4.78, 5) is 2.32. The number of aliphatic hydroxyl groups is 1. The van der Waals surface area contributed by atoms with Crippen molar-refractivity contribution < 1.29 is 14.6 Å². The number of rotatable bonds is 5. The Kier molecular flexibility index (Phi) is 5.88. The Balaban J connectivity index is 1.68. The molecule has 1 fully saturated rings. The van der Waals surface area contributed by atoms with Gasteiger partial charge in [0.1, 0.15) is 17.8 Å². The van der Waals surface area contributed by atoms with Gasteiger partial charge in [-0.25, -0.2) is 4.39 Å². The lowest BCUT2D eigenvalue weighted by molar-refractivity contribution is 0.224. The van der Waals surface area contributed by atoms with Gasteiger partial charge in [0.15, 0.2) is 0 Å². The molecule has 1 atom stereocenters. The third-order valence-electron chi connectivity index (χ3n) is 5.32. The molecule has 1 saturated heterocycles. The van der Waals surface area contributed by atoms with E-state index in [9.17, 15) is 14.6 Å². The van der Waals surface area contributed by atoms with Gasteiger partial charge in [-0.2, -0.15) is 0 Å². The zero-order valence-electron chi connectivity index (χ0n) is 16.9. The molecule has 0 aromatic heterocycles. The normalized spacial score (nSPS) is 15.1. The van der Waals surface area contributed by atoms with Crippen molar-refractivity contribution in [2.45, 2.75) is 13.2 Å². The van der Waals surface area contributed by atoms with Gasteiger partial charge in [0.25, 0.3) is 0 Å². The van der Waals surface area contributed by atoms with E-state index in [0.29, 0.717) is 16.7 Å². The summed E-state index contributed by atoms with van der Waals surface area (Å²) in [7, 11) is 0. The standard InChI is InChI=1S/C24H26FN3O2/c1-16(29)27-23-9-8-18(15-22(23)25)21-7-3-6-20(24(21)30)17-4-2-5-19(14-17)28-12-10-26-11-13-28/h2-9,14-16,26-27,29-30H,10-13H2,1H3. The van der Waals surface area contributed by atoms with E-state index in [1.807, 2.05) is 24.3 Å². The van der Waals surface area contributed by atoms with Gasteiger partial charge < -0.3 is 25.7 Å². The van der Waals surface area contributed by atoms with Crippen LogP contribution in [0.4, 0.5) is 15.8 Å². The second-order valence-corrected chi connectivity index (χ2v) is 7.50. The maximum absolute atomic E-state index is 14.4. The third-order valence-corrected chi connectivity index (χ3v) is 5.32. The van der Waals surface area contributed by atoms with Crippen molar-refractivity contribution >= 4 is 11.4 Å². The molecule has 0 amide bonds. The van der Waals surface area contributed by atoms with Crippen LogP contribution >= 0.6 is 0 Å². The fourth-order valence-electron chi connectivity index (χ4n) is 3.83. The maximum atomic E-state index is 14.4. The van der Waals surface area contributed by atoms with Gasteiger partial charge in [-0.3, -0.25) is 0 Å². The Hall–Kier alpha value is -3.09. The Labute approximate surface area is 175 Å². The van der Waals surface area contributed by atoms with Crippen LogP contribution in [0.5, 0.6) is 5.75 Å². The summed E-state index contributed by atoms with van der Waals surface area (Å²) in [6.45, 7) is 5.33. The fourth-order valence-corrected chi connectivity index (χ4v) is 3.83. The van der Waals surface area contributed by atoms with Gasteiger partial charge in [-0.1, -0.05) is 36.4 Å². The Morgan fingerprint density at radius 2 is 1.63 bits per heavy atom. The predicted octanol–water partition coefficient (Wildman–Crippen LogP) is 4.03. The number of anilines is 2. The molecule has 1 unspecified atom stereocenters. The Bertz CT molecular complexity index is 1030. The van der Waals surface area contributed by atoms with Gasteiger partial charge in [0, 0.05) is 43.0 Å². The number of phenols is 1. The predicted molar refractivity (Wildman–Crippen MR) is 119 cm³/mol. The van der Waals surface area contributed by atoms with Crippen LogP contribution in [0.2, 0.25) is 0 Å². The highest BCUT2D eigenvalue weighted by molar-refractivity contribution is 5.83. The first-order valence-electron chi connectivity index (χ1n) is 10.2. The van der Waals surface area contributed by atoms with Crippen molar-refractivity contribution in [2.75, 3.05) is 36.4 Å². The third kappa shape index (κ3) is 4.25. The molecule has 1 heterocycles. The molecule has 4 rings (SSSR count). The number of phenolic OH excluding ortho intramolecular Hbond substituents is 1. The molecule has 0 radical (unpaired) electrons. The lowest BCUT2D eigenvalue weighted by atomic mass is 9.96.